The summed E-state index contributed by atoms with van der Waals surface area (Å²) in [6.07, 6.45) is 8.76. The van der Waals surface area contributed by atoms with E-state index in [-0.39, 0.29) is 24.2 Å². The lowest BCUT2D eigenvalue weighted by Gasteiger charge is -2.32. The predicted molar refractivity (Wildman–Crippen MR) is 100 cm³/mol. The number of primary sulfonamides is 1. The standard InChI is InChI=1S/C18H28BNO4S/c1-12(25(20,21)22)8-13-9-14-6-7-16(11-15(14)10-13)19-23-17(2,3)18(4,5)24-19/h7,9,11-13H,6,8,10H2,1-5H3,(H2,20,21,22). The number of sulfonamides is 1. The van der Waals surface area contributed by atoms with Crippen LogP contribution >= 0.6 is 0 Å². The molecule has 0 aromatic carbocycles. The molecule has 0 spiro atoms. The molecule has 2 atom stereocenters. The fourth-order valence-corrected chi connectivity index (χ4v) is 4.07. The molecule has 1 saturated heterocycles. The molecule has 0 saturated carbocycles. The maximum absolute atomic E-state index is 11.5. The van der Waals surface area contributed by atoms with Gasteiger partial charge in [0.2, 0.25) is 10.0 Å². The summed E-state index contributed by atoms with van der Waals surface area (Å²) in [7, 11) is -3.82. The molecule has 2 aliphatic carbocycles. The van der Waals surface area contributed by atoms with E-state index in [1.165, 1.54) is 11.1 Å². The maximum Gasteiger partial charge on any atom is 0.494 e. The number of hydrogen-bond donors (Lipinski definition) is 1. The van der Waals surface area contributed by atoms with Crippen molar-refractivity contribution in [2.24, 2.45) is 11.1 Å². The molecule has 138 valence electrons. The Morgan fingerprint density at radius 2 is 1.84 bits per heavy atom. The molecule has 1 heterocycles. The summed E-state index contributed by atoms with van der Waals surface area (Å²) in [6, 6.07) is 0. The molecular formula is C18H28BNO4S. The largest absolute Gasteiger partial charge is 0.494 e. The van der Waals surface area contributed by atoms with Crippen LogP contribution in [-0.2, 0) is 19.3 Å². The fourth-order valence-electron chi connectivity index (χ4n) is 3.56. The molecule has 0 aromatic rings. The number of rotatable bonds is 4. The van der Waals surface area contributed by atoms with Crippen LogP contribution in [0.1, 0.15) is 53.9 Å². The highest BCUT2D eigenvalue weighted by molar-refractivity contribution is 7.89. The van der Waals surface area contributed by atoms with Crippen molar-refractivity contribution >= 4 is 17.1 Å². The summed E-state index contributed by atoms with van der Waals surface area (Å²) in [5.74, 6) is 0.223. The number of hydrogen-bond acceptors (Lipinski definition) is 4. The summed E-state index contributed by atoms with van der Waals surface area (Å²) < 4.78 is 35.2. The van der Waals surface area contributed by atoms with Crippen LogP contribution in [0.4, 0.5) is 0 Å². The first-order chi connectivity index (χ1) is 11.4. The highest BCUT2D eigenvalue weighted by atomic mass is 32.2. The molecule has 5 nitrogen and oxygen atoms in total. The molecule has 1 aliphatic heterocycles. The lowest BCUT2D eigenvalue weighted by atomic mass is 9.73. The summed E-state index contributed by atoms with van der Waals surface area (Å²) in [4.78, 5) is 0. The molecule has 3 aliphatic rings. The van der Waals surface area contributed by atoms with Crippen molar-refractivity contribution < 1.29 is 17.7 Å². The van der Waals surface area contributed by atoms with Gasteiger partial charge in [-0.1, -0.05) is 18.2 Å². The molecule has 3 rings (SSSR count). The second kappa shape index (κ2) is 6.08. The van der Waals surface area contributed by atoms with E-state index in [1.807, 2.05) is 0 Å². The Morgan fingerprint density at radius 1 is 1.24 bits per heavy atom. The average molecular weight is 365 g/mol. The quantitative estimate of drug-likeness (QED) is 0.777. The lowest BCUT2D eigenvalue weighted by Crippen LogP contribution is -2.41. The Balaban J connectivity index is 1.70. The Labute approximate surface area is 151 Å². The molecular weight excluding hydrogens is 337 g/mol. The zero-order valence-electron chi connectivity index (χ0n) is 15.7. The van der Waals surface area contributed by atoms with E-state index in [0.717, 1.165) is 18.3 Å². The first kappa shape index (κ1) is 18.9. The Hall–Kier alpha value is -0.885. The molecule has 0 amide bonds. The van der Waals surface area contributed by atoms with Crippen LogP contribution in [0.2, 0.25) is 0 Å². The summed E-state index contributed by atoms with van der Waals surface area (Å²) >= 11 is 0. The van der Waals surface area contributed by atoms with Gasteiger partial charge in [0.15, 0.2) is 0 Å². The second-order valence-corrected chi connectivity index (χ2v) is 10.4. The van der Waals surface area contributed by atoms with E-state index >= 15 is 0 Å². The van der Waals surface area contributed by atoms with Crippen LogP contribution in [-0.4, -0.2) is 32.0 Å². The van der Waals surface area contributed by atoms with E-state index in [4.69, 9.17) is 14.4 Å². The van der Waals surface area contributed by atoms with Crippen molar-refractivity contribution in [3.05, 3.63) is 34.8 Å². The van der Waals surface area contributed by atoms with Crippen LogP contribution in [0.5, 0.6) is 0 Å². The minimum atomic E-state index is -3.47. The molecule has 7 heteroatoms. The van der Waals surface area contributed by atoms with Gasteiger partial charge in [-0.15, -0.1) is 0 Å². The van der Waals surface area contributed by atoms with Crippen LogP contribution in [0, 0.1) is 5.92 Å². The zero-order chi connectivity index (χ0) is 18.6. The fraction of sp³-hybridized carbons (Fsp3) is 0.667. The van der Waals surface area contributed by atoms with Gasteiger partial charge in [-0.25, -0.2) is 13.6 Å². The van der Waals surface area contributed by atoms with Gasteiger partial charge in [0.25, 0.3) is 0 Å². The topological polar surface area (TPSA) is 78.6 Å². The Kier molecular flexibility index (Phi) is 4.60. The summed E-state index contributed by atoms with van der Waals surface area (Å²) in [5, 5.41) is 4.73. The van der Waals surface area contributed by atoms with Gasteiger partial charge in [0.1, 0.15) is 0 Å². The average Bonchev–Trinajstić information content (AvgIpc) is 2.94. The van der Waals surface area contributed by atoms with Crippen molar-refractivity contribution in [2.75, 3.05) is 0 Å². The predicted octanol–water partition coefficient (Wildman–Crippen LogP) is 2.89. The number of allylic oxidation sites excluding steroid dienone is 6. The Bertz CT molecular complexity index is 748. The highest BCUT2D eigenvalue weighted by Crippen LogP contribution is 2.43. The van der Waals surface area contributed by atoms with Gasteiger partial charge in [0, 0.05) is 0 Å². The zero-order valence-corrected chi connectivity index (χ0v) is 16.5. The first-order valence-corrected chi connectivity index (χ1v) is 10.5. The smallest absolute Gasteiger partial charge is 0.399 e. The highest BCUT2D eigenvalue weighted by Gasteiger charge is 2.52. The van der Waals surface area contributed by atoms with Gasteiger partial charge >= 0.3 is 7.12 Å². The molecule has 0 aromatic heterocycles. The molecule has 1 fully saturated rings. The van der Waals surface area contributed by atoms with Crippen LogP contribution in [0.3, 0.4) is 0 Å². The maximum atomic E-state index is 11.5. The van der Waals surface area contributed by atoms with Crippen molar-refractivity contribution in [2.45, 2.75) is 70.3 Å². The Morgan fingerprint density at radius 3 is 2.40 bits per heavy atom. The molecule has 2 N–H and O–H groups in total. The van der Waals surface area contributed by atoms with Crippen molar-refractivity contribution in [1.82, 2.24) is 0 Å². The molecule has 0 radical (unpaired) electrons. The summed E-state index contributed by atoms with van der Waals surface area (Å²) in [5.41, 5.74) is 2.91. The van der Waals surface area contributed by atoms with E-state index in [9.17, 15) is 8.42 Å². The van der Waals surface area contributed by atoms with Crippen LogP contribution < -0.4 is 5.14 Å². The van der Waals surface area contributed by atoms with E-state index in [2.05, 4.69) is 45.9 Å². The minimum Gasteiger partial charge on any atom is -0.399 e. The van der Waals surface area contributed by atoms with E-state index in [1.54, 1.807) is 6.92 Å². The SMILES string of the molecule is CC(CC1C=C2CC=C(B3OC(C)(C)C(C)(C)O3)C=C2C1)S(N)(=O)=O. The monoisotopic (exact) mass is 365 g/mol. The number of fused-ring (bicyclic) bond motifs is 1. The third kappa shape index (κ3) is 3.65. The van der Waals surface area contributed by atoms with Gasteiger partial charge in [0.05, 0.1) is 16.5 Å². The normalized spacial score (nSPS) is 29.0. The molecule has 2 unspecified atom stereocenters. The van der Waals surface area contributed by atoms with Gasteiger partial charge in [-0.3, -0.25) is 0 Å². The van der Waals surface area contributed by atoms with Gasteiger partial charge in [-0.2, -0.15) is 0 Å². The number of nitrogens with two attached hydrogens (primary N) is 1. The minimum absolute atomic E-state index is 0.223. The van der Waals surface area contributed by atoms with Gasteiger partial charge < -0.3 is 9.31 Å². The third-order valence-corrected chi connectivity index (χ3v) is 7.27. The van der Waals surface area contributed by atoms with Crippen LogP contribution in [0.15, 0.2) is 34.8 Å². The first-order valence-electron chi connectivity index (χ1n) is 8.88. The summed E-state index contributed by atoms with van der Waals surface area (Å²) in [6.45, 7) is 9.88. The molecule has 0 bridgehead atoms. The second-order valence-electron chi connectivity index (χ2n) is 8.46. The van der Waals surface area contributed by atoms with E-state index in [0.29, 0.717) is 6.42 Å². The molecule has 25 heavy (non-hydrogen) atoms. The van der Waals surface area contributed by atoms with Crippen molar-refractivity contribution in [3.8, 4) is 0 Å². The van der Waals surface area contributed by atoms with Crippen LogP contribution in [0.25, 0.3) is 0 Å². The van der Waals surface area contributed by atoms with Gasteiger partial charge in [-0.05, 0) is 76.4 Å². The lowest BCUT2D eigenvalue weighted by molar-refractivity contribution is 0.00578. The van der Waals surface area contributed by atoms with Crippen molar-refractivity contribution in [1.29, 1.82) is 0 Å². The van der Waals surface area contributed by atoms with Crippen molar-refractivity contribution in [3.63, 3.8) is 0 Å². The van der Waals surface area contributed by atoms with E-state index < -0.39 is 15.3 Å². The third-order valence-electron chi connectivity index (χ3n) is 5.95.